The molecule has 2 aromatic rings. The van der Waals surface area contributed by atoms with Gasteiger partial charge in [0.2, 0.25) is 0 Å². The Morgan fingerprint density at radius 2 is 2.14 bits per heavy atom. The summed E-state index contributed by atoms with van der Waals surface area (Å²) in [4.78, 5) is 6.65. The van der Waals surface area contributed by atoms with Crippen LogP contribution in [-0.2, 0) is 4.74 Å². The number of rotatable bonds is 2. The predicted molar refractivity (Wildman–Crippen MR) is 78.1 cm³/mol. The molecule has 4 rings (SSSR count). The smallest absolute Gasteiger partial charge is 0.181 e. The molecule has 0 radical (unpaired) electrons. The van der Waals surface area contributed by atoms with Crippen LogP contribution in [-0.4, -0.2) is 63.6 Å². The summed E-state index contributed by atoms with van der Waals surface area (Å²) in [7, 11) is 0. The van der Waals surface area contributed by atoms with Gasteiger partial charge in [0.05, 0.1) is 25.4 Å². The maximum atomic E-state index is 9.94. The highest BCUT2D eigenvalue weighted by molar-refractivity contribution is 5.77. The average molecular weight is 288 g/mol. The molecule has 6 nitrogen and oxygen atoms in total. The number of H-pyrrole nitrogens is 1. The number of piperidine rings is 1. The van der Waals surface area contributed by atoms with Crippen LogP contribution in [0, 0.1) is 0 Å². The van der Waals surface area contributed by atoms with Crippen molar-refractivity contribution in [3.63, 3.8) is 0 Å². The van der Waals surface area contributed by atoms with E-state index in [1.807, 2.05) is 6.07 Å². The van der Waals surface area contributed by atoms with Crippen molar-refractivity contribution in [1.82, 2.24) is 20.1 Å². The highest BCUT2D eigenvalue weighted by atomic mass is 16.5. The minimum Gasteiger partial charge on any atom is -0.389 e. The largest absolute Gasteiger partial charge is 0.389 e. The molecule has 2 aromatic heterocycles. The molecule has 2 atom stereocenters. The maximum absolute atomic E-state index is 9.94. The molecule has 2 saturated heterocycles. The monoisotopic (exact) mass is 288 g/mol. The Morgan fingerprint density at radius 1 is 1.29 bits per heavy atom. The molecular weight excluding hydrogens is 268 g/mol. The standard InChI is InChI=1S/C15H20N4O2/c20-13-9-21-8-12(13)19-6-3-10(4-7-19)14-11-2-1-5-16-15(11)18-17-14/h1-2,5,10,12-13,20H,3-4,6-9H2,(H,16,17,18). The number of aliphatic hydroxyl groups is 1. The quantitative estimate of drug-likeness (QED) is 0.859. The lowest BCUT2D eigenvalue weighted by Gasteiger charge is -2.36. The van der Waals surface area contributed by atoms with Gasteiger partial charge < -0.3 is 9.84 Å². The summed E-state index contributed by atoms with van der Waals surface area (Å²) in [5.41, 5.74) is 2.01. The number of likely N-dealkylation sites (tertiary alicyclic amines) is 1. The SMILES string of the molecule is OC1COCC1N1CCC(c2[nH]nc3ncccc23)CC1. The lowest BCUT2D eigenvalue weighted by Crippen LogP contribution is -2.46. The number of fused-ring (bicyclic) bond motifs is 1. The van der Waals surface area contributed by atoms with Crippen LogP contribution in [0.3, 0.4) is 0 Å². The fourth-order valence-electron chi connectivity index (χ4n) is 3.58. The average Bonchev–Trinajstić information content (AvgIpc) is 3.14. The predicted octanol–water partition coefficient (Wildman–Crippen LogP) is 0.897. The zero-order chi connectivity index (χ0) is 14.2. The van der Waals surface area contributed by atoms with Gasteiger partial charge >= 0.3 is 0 Å². The van der Waals surface area contributed by atoms with Crippen molar-refractivity contribution in [3.8, 4) is 0 Å². The first-order chi connectivity index (χ1) is 10.3. The highest BCUT2D eigenvalue weighted by Gasteiger charge is 2.34. The molecule has 2 aliphatic rings. The number of nitrogens with zero attached hydrogens (tertiary/aromatic N) is 3. The molecule has 0 bridgehead atoms. The Hall–Kier alpha value is -1.50. The van der Waals surface area contributed by atoms with Crippen molar-refractivity contribution in [3.05, 3.63) is 24.0 Å². The second kappa shape index (κ2) is 5.36. The minimum absolute atomic E-state index is 0.172. The van der Waals surface area contributed by atoms with E-state index in [1.54, 1.807) is 6.20 Å². The molecule has 0 aliphatic carbocycles. The highest BCUT2D eigenvalue weighted by Crippen LogP contribution is 2.32. The van der Waals surface area contributed by atoms with E-state index in [2.05, 4.69) is 26.1 Å². The lowest BCUT2D eigenvalue weighted by molar-refractivity contribution is 0.0661. The summed E-state index contributed by atoms with van der Waals surface area (Å²) in [5.74, 6) is 0.495. The van der Waals surface area contributed by atoms with E-state index in [1.165, 1.54) is 5.69 Å². The van der Waals surface area contributed by atoms with Crippen LogP contribution in [0.4, 0.5) is 0 Å². The third-order valence-electron chi connectivity index (χ3n) is 4.79. The summed E-state index contributed by atoms with van der Waals surface area (Å²) in [5, 5.41) is 18.5. The first kappa shape index (κ1) is 13.2. The molecule has 4 heterocycles. The zero-order valence-electron chi connectivity index (χ0n) is 11.9. The van der Waals surface area contributed by atoms with Gasteiger partial charge in [-0.1, -0.05) is 0 Å². The third kappa shape index (κ3) is 2.33. The Labute approximate surface area is 123 Å². The zero-order valence-corrected chi connectivity index (χ0v) is 11.9. The van der Waals surface area contributed by atoms with Crippen LogP contribution in [0.5, 0.6) is 0 Å². The number of hydrogen-bond donors (Lipinski definition) is 2. The summed E-state index contributed by atoms with van der Waals surface area (Å²) < 4.78 is 5.36. The van der Waals surface area contributed by atoms with E-state index in [0.29, 0.717) is 19.1 Å². The van der Waals surface area contributed by atoms with E-state index in [0.717, 1.165) is 37.0 Å². The second-order valence-corrected chi connectivity index (χ2v) is 5.99. The number of aromatic amines is 1. The summed E-state index contributed by atoms with van der Waals surface area (Å²) in [6.07, 6.45) is 3.60. The normalized spacial score (nSPS) is 28.4. The van der Waals surface area contributed by atoms with Crippen LogP contribution >= 0.6 is 0 Å². The summed E-state index contributed by atoms with van der Waals surface area (Å²) in [6.45, 7) is 3.12. The first-order valence-corrected chi connectivity index (χ1v) is 7.62. The number of aromatic nitrogens is 3. The molecule has 2 unspecified atom stereocenters. The molecule has 0 aromatic carbocycles. The number of nitrogens with one attached hydrogen (secondary N) is 1. The lowest BCUT2D eigenvalue weighted by atomic mass is 9.91. The molecule has 2 fully saturated rings. The van der Waals surface area contributed by atoms with Crippen molar-refractivity contribution < 1.29 is 9.84 Å². The van der Waals surface area contributed by atoms with Crippen molar-refractivity contribution in [2.24, 2.45) is 0 Å². The van der Waals surface area contributed by atoms with Gasteiger partial charge in [-0.25, -0.2) is 4.98 Å². The molecule has 6 heteroatoms. The van der Waals surface area contributed by atoms with Crippen molar-refractivity contribution in [2.45, 2.75) is 30.9 Å². The van der Waals surface area contributed by atoms with Gasteiger partial charge in [-0.05, 0) is 38.1 Å². The van der Waals surface area contributed by atoms with Gasteiger partial charge in [0.1, 0.15) is 0 Å². The maximum Gasteiger partial charge on any atom is 0.181 e. The fraction of sp³-hybridized carbons (Fsp3) is 0.600. The molecule has 112 valence electrons. The number of aliphatic hydroxyl groups excluding tert-OH is 1. The molecule has 2 N–H and O–H groups in total. The minimum atomic E-state index is -0.335. The van der Waals surface area contributed by atoms with Crippen molar-refractivity contribution in [1.29, 1.82) is 0 Å². The Balaban J connectivity index is 1.47. The first-order valence-electron chi connectivity index (χ1n) is 7.62. The molecule has 2 aliphatic heterocycles. The van der Waals surface area contributed by atoms with Gasteiger partial charge in [-0.2, -0.15) is 5.10 Å². The Morgan fingerprint density at radius 3 is 2.90 bits per heavy atom. The van der Waals surface area contributed by atoms with Gasteiger partial charge in [0.15, 0.2) is 5.65 Å². The van der Waals surface area contributed by atoms with Crippen LogP contribution in [0.1, 0.15) is 24.5 Å². The molecular formula is C15H20N4O2. The topological polar surface area (TPSA) is 74.3 Å². The molecule has 0 amide bonds. The Kier molecular flexibility index (Phi) is 3.37. The van der Waals surface area contributed by atoms with Gasteiger partial charge in [-0.3, -0.25) is 10.00 Å². The number of hydrogen-bond acceptors (Lipinski definition) is 5. The van der Waals surface area contributed by atoms with Crippen LogP contribution in [0.25, 0.3) is 11.0 Å². The van der Waals surface area contributed by atoms with Crippen LogP contribution in [0.15, 0.2) is 18.3 Å². The molecule has 0 spiro atoms. The van der Waals surface area contributed by atoms with Gasteiger partial charge in [-0.15, -0.1) is 0 Å². The van der Waals surface area contributed by atoms with Gasteiger partial charge in [0.25, 0.3) is 0 Å². The van der Waals surface area contributed by atoms with E-state index in [-0.39, 0.29) is 12.1 Å². The van der Waals surface area contributed by atoms with Crippen LogP contribution < -0.4 is 0 Å². The number of pyridine rings is 1. The Bertz CT molecular complexity index is 621. The summed E-state index contributed by atoms with van der Waals surface area (Å²) >= 11 is 0. The van der Waals surface area contributed by atoms with E-state index in [4.69, 9.17) is 4.74 Å². The van der Waals surface area contributed by atoms with E-state index >= 15 is 0 Å². The third-order valence-corrected chi connectivity index (χ3v) is 4.79. The van der Waals surface area contributed by atoms with Gasteiger partial charge in [0, 0.05) is 23.2 Å². The van der Waals surface area contributed by atoms with E-state index < -0.39 is 0 Å². The van der Waals surface area contributed by atoms with E-state index in [9.17, 15) is 5.11 Å². The fourth-order valence-corrected chi connectivity index (χ4v) is 3.58. The molecule has 0 saturated carbocycles. The van der Waals surface area contributed by atoms with Crippen molar-refractivity contribution in [2.75, 3.05) is 26.3 Å². The number of ether oxygens (including phenoxy) is 1. The van der Waals surface area contributed by atoms with Crippen LogP contribution in [0.2, 0.25) is 0 Å². The second-order valence-electron chi connectivity index (χ2n) is 5.99. The van der Waals surface area contributed by atoms with Crippen molar-refractivity contribution >= 4 is 11.0 Å². The molecule has 21 heavy (non-hydrogen) atoms. The summed E-state index contributed by atoms with van der Waals surface area (Å²) in [6, 6.07) is 4.22.